The van der Waals surface area contributed by atoms with E-state index in [0.29, 0.717) is 22.4 Å². The van der Waals surface area contributed by atoms with Gasteiger partial charge in [-0.25, -0.2) is 4.85 Å². The average molecular weight is 848 g/mol. The van der Waals surface area contributed by atoms with Crippen LogP contribution in [0.5, 0.6) is 0 Å². The van der Waals surface area contributed by atoms with Crippen LogP contribution >= 0.6 is 0 Å². The lowest BCUT2D eigenvalue weighted by Crippen LogP contribution is -2.06. The first-order chi connectivity index (χ1) is 31.6. The maximum atomic E-state index is 14.2. The van der Waals surface area contributed by atoms with Gasteiger partial charge in [-0.05, 0) is 120 Å². The molecule has 0 aliphatic rings. The van der Waals surface area contributed by atoms with Gasteiger partial charge < -0.3 is 9.13 Å². The summed E-state index contributed by atoms with van der Waals surface area (Å²) in [7, 11) is 0. The molecule has 0 saturated heterocycles. The van der Waals surface area contributed by atoms with Crippen LogP contribution in [0.15, 0.2) is 188 Å². The Labute approximate surface area is 374 Å². The molecule has 0 radical (unpaired) electrons. The lowest BCUT2D eigenvalue weighted by molar-refractivity contribution is -0.137. The summed E-state index contributed by atoms with van der Waals surface area (Å²) in [5.74, 6) is 0. The van der Waals surface area contributed by atoms with Crippen molar-refractivity contribution in [2.75, 3.05) is 0 Å². The molecular formula is C59H40F3N3. The highest BCUT2D eigenvalue weighted by molar-refractivity contribution is 6.14. The molecule has 0 aliphatic carbocycles. The fraction of sp³-hybridized carbons (Fsp3) is 0.0678. The first-order valence-electron chi connectivity index (χ1n) is 21.6. The highest BCUT2D eigenvalue weighted by Crippen LogP contribution is 2.49. The van der Waals surface area contributed by atoms with Gasteiger partial charge in [-0.1, -0.05) is 139 Å². The van der Waals surface area contributed by atoms with Gasteiger partial charge in [0.1, 0.15) is 0 Å². The SMILES string of the molecule is [C-]#[N+]c1cccc(-n2c3ccccc3c3cc(-c4ccc(C)cc4)ccc32)c1-c1c(-c2ccc(C(F)(F)F)cc2C)cccc1-n1c2ccccc2c2cc(-c3ccc(C)cc3)ccc21. The maximum Gasteiger partial charge on any atom is 0.416 e. The summed E-state index contributed by atoms with van der Waals surface area (Å²) in [5.41, 5.74) is 15.2. The monoisotopic (exact) mass is 847 g/mol. The predicted octanol–water partition coefficient (Wildman–Crippen LogP) is 17.0. The van der Waals surface area contributed by atoms with E-state index in [9.17, 15) is 13.2 Å². The number of nitrogens with zero attached hydrogens (tertiary/aromatic N) is 3. The van der Waals surface area contributed by atoms with Crippen molar-refractivity contribution in [1.29, 1.82) is 0 Å². The van der Waals surface area contributed by atoms with E-state index in [2.05, 4.69) is 155 Å². The molecule has 0 N–H and O–H groups in total. The van der Waals surface area contributed by atoms with Crippen molar-refractivity contribution in [3.05, 3.63) is 222 Å². The number of halogens is 3. The standard InChI is InChI=1S/C59H40F3N3/c1-36-19-23-39(24-20-36)41-27-31-53-48(34-41)45-11-5-7-15-51(45)64(53)55-17-9-13-47(44-30-29-43(33-38(44)3)59(60,61)62)57(55)58-50(63-4)14-10-18-56(58)65-52-16-8-6-12-46(52)49-35-42(28-32-54(49)65)40-25-21-37(2)22-26-40/h5-35H,1-3H3. The Hall–Kier alpha value is -8.14. The van der Waals surface area contributed by atoms with Gasteiger partial charge in [-0.15, -0.1) is 0 Å². The van der Waals surface area contributed by atoms with Crippen LogP contribution in [0.2, 0.25) is 0 Å². The molecule has 11 aromatic rings. The second-order valence-electron chi connectivity index (χ2n) is 16.9. The van der Waals surface area contributed by atoms with Gasteiger partial charge >= 0.3 is 6.18 Å². The first-order valence-corrected chi connectivity index (χ1v) is 21.6. The average Bonchev–Trinajstić information content (AvgIpc) is 3.83. The third-order valence-electron chi connectivity index (χ3n) is 12.9. The van der Waals surface area contributed by atoms with Crippen LogP contribution in [0.25, 0.3) is 104 Å². The summed E-state index contributed by atoms with van der Waals surface area (Å²) in [4.78, 5) is 4.22. The number of hydrogen-bond acceptors (Lipinski definition) is 0. The molecule has 2 heterocycles. The zero-order chi connectivity index (χ0) is 44.6. The van der Waals surface area contributed by atoms with E-state index in [4.69, 9.17) is 6.57 Å². The third-order valence-corrected chi connectivity index (χ3v) is 12.9. The Morgan fingerprint density at radius 3 is 1.40 bits per heavy atom. The third kappa shape index (κ3) is 6.59. The van der Waals surface area contributed by atoms with E-state index in [1.807, 2.05) is 42.5 Å². The van der Waals surface area contributed by atoms with Gasteiger partial charge in [-0.2, -0.15) is 13.2 Å². The summed E-state index contributed by atoms with van der Waals surface area (Å²) >= 11 is 0. The fourth-order valence-corrected chi connectivity index (χ4v) is 9.74. The molecule has 312 valence electrons. The van der Waals surface area contributed by atoms with Gasteiger partial charge in [0.05, 0.1) is 39.9 Å². The van der Waals surface area contributed by atoms with Crippen molar-refractivity contribution >= 4 is 49.3 Å². The molecule has 0 atom stereocenters. The minimum absolute atomic E-state index is 0.422. The van der Waals surface area contributed by atoms with Crippen LogP contribution in [-0.4, -0.2) is 9.13 Å². The second kappa shape index (κ2) is 15.3. The van der Waals surface area contributed by atoms with Crippen molar-refractivity contribution < 1.29 is 13.2 Å². The molecule has 3 nitrogen and oxygen atoms in total. The number of rotatable bonds is 6. The fourth-order valence-electron chi connectivity index (χ4n) is 9.74. The van der Waals surface area contributed by atoms with Crippen LogP contribution in [0.3, 0.4) is 0 Å². The predicted molar refractivity (Wildman–Crippen MR) is 262 cm³/mol. The van der Waals surface area contributed by atoms with E-state index in [1.165, 1.54) is 17.2 Å². The number of aryl methyl sites for hydroxylation is 3. The highest BCUT2D eigenvalue weighted by atomic mass is 19.4. The Bertz CT molecular complexity index is 3730. The van der Waals surface area contributed by atoms with E-state index in [0.717, 1.165) is 94.4 Å². The molecule has 0 aliphatic heterocycles. The molecule has 0 fully saturated rings. The van der Waals surface area contributed by atoms with Gasteiger partial charge in [0.25, 0.3) is 0 Å². The second-order valence-corrected chi connectivity index (χ2v) is 16.9. The normalized spacial score (nSPS) is 11.8. The topological polar surface area (TPSA) is 14.2 Å². The van der Waals surface area contributed by atoms with Crippen molar-refractivity contribution in [1.82, 2.24) is 9.13 Å². The summed E-state index contributed by atoms with van der Waals surface area (Å²) in [6.07, 6.45) is -4.51. The molecule has 6 heteroatoms. The molecule has 9 aromatic carbocycles. The van der Waals surface area contributed by atoms with Crippen molar-refractivity contribution in [3.8, 4) is 55.9 Å². The number of hydrogen-bond donors (Lipinski definition) is 0. The molecule has 0 saturated carbocycles. The van der Waals surface area contributed by atoms with E-state index in [-0.39, 0.29) is 0 Å². The Morgan fingerprint density at radius 1 is 0.415 bits per heavy atom. The number of alkyl halides is 3. The zero-order valence-electron chi connectivity index (χ0n) is 35.9. The van der Waals surface area contributed by atoms with Crippen LogP contribution < -0.4 is 0 Å². The van der Waals surface area contributed by atoms with Gasteiger partial charge in [-0.3, -0.25) is 0 Å². The zero-order valence-corrected chi connectivity index (χ0v) is 35.9. The van der Waals surface area contributed by atoms with E-state index < -0.39 is 11.7 Å². The van der Waals surface area contributed by atoms with Crippen LogP contribution in [0, 0.1) is 27.3 Å². The molecule has 0 amide bonds. The van der Waals surface area contributed by atoms with E-state index in [1.54, 1.807) is 13.0 Å². The minimum Gasteiger partial charge on any atom is -0.310 e. The number of benzene rings is 9. The Kier molecular flexibility index (Phi) is 9.34. The number of fused-ring (bicyclic) bond motifs is 6. The lowest BCUT2D eigenvalue weighted by Gasteiger charge is -2.23. The van der Waals surface area contributed by atoms with E-state index >= 15 is 0 Å². The number of para-hydroxylation sites is 2. The summed E-state index contributed by atoms with van der Waals surface area (Å²) in [6.45, 7) is 14.6. The smallest absolute Gasteiger partial charge is 0.310 e. The van der Waals surface area contributed by atoms with Crippen LogP contribution in [0.1, 0.15) is 22.3 Å². The molecule has 0 unspecified atom stereocenters. The summed E-state index contributed by atoms with van der Waals surface area (Å²) in [6, 6.07) is 62.6. The first kappa shape index (κ1) is 39.7. The molecule has 0 spiro atoms. The number of aromatic nitrogens is 2. The lowest BCUT2D eigenvalue weighted by atomic mass is 9.88. The van der Waals surface area contributed by atoms with Crippen molar-refractivity contribution in [2.45, 2.75) is 26.9 Å². The molecule has 2 aromatic heterocycles. The highest BCUT2D eigenvalue weighted by Gasteiger charge is 2.32. The molecular weight excluding hydrogens is 808 g/mol. The Morgan fingerprint density at radius 2 is 0.892 bits per heavy atom. The molecule has 0 bridgehead atoms. The largest absolute Gasteiger partial charge is 0.416 e. The summed E-state index contributed by atoms with van der Waals surface area (Å²) in [5, 5.41) is 4.25. The minimum atomic E-state index is -4.51. The van der Waals surface area contributed by atoms with Gasteiger partial charge in [0, 0.05) is 38.4 Å². The maximum absolute atomic E-state index is 14.2. The summed E-state index contributed by atoms with van der Waals surface area (Å²) < 4.78 is 47.1. The van der Waals surface area contributed by atoms with Gasteiger partial charge in [0.15, 0.2) is 5.69 Å². The van der Waals surface area contributed by atoms with Crippen LogP contribution in [0.4, 0.5) is 18.9 Å². The Balaban J connectivity index is 1.25. The quantitative estimate of drug-likeness (QED) is 0.148. The van der Waals surface area contributed by atoms with Crippen LogP contribution in [-0.2, 0) is 6.18 Å². The van der Waals surface area contributed by atoms with Crippen molar-refractivity contribution in [3.63, 3.8) is 0 Å². The molecule has 65 heavy (non-hydrogen) atoms. The molecule has 11 rings (SSSR count). The van der Waals surface area contributed by atoms with Gasteiger partial charge in [0.2, 0.25) is 0 Å². The van der Waals surface area contributed by atoms with Crippen molar-refractivity contribution in [2.24, 2.45) is 0 Å².